The van der Waals surface area contributed by atoms with Crippen LogP contribution in [0.25, 0.3) is 0 Å². The Balaban J connectivity index is 2.34. The quantitative estimate of drug-likeness (QED) is 0.495. The SMILES string of the molecule is COC(=O)[C@@H]1[C@@H]2C(=O)O[C@@H](C)[C@@H]2C=C[C@@H]1C. The summed E-state index contributed by atoms with van der Waals surface area (Å²) in [6.45, 7) is 3.78. The van der Waals surface area contributed by atoms with Gasteiger partial charge in [-0.1, -0.05) is 19.1 Å². The molecule has 1 aliphatic carbocycles. The van der Waals surface area contributed by atoms with E-state index in [4.69, 9.17) is 9.47 Å². The summed E-state index contributed by atoms with van der Waals surface area (Å²) in [5.41, 5.74) is 0. The second-order valence-electron chi connectivity index (χ2n) is 4.54. The number of allylic oxidation sites excluding steroid dienone is 1. The Morgan fingerprint density at radius 3 is 2.69 bits per heavy atom. The minimum Gasteiger partial charge on any atom is -0.469 e. The molecule has 1 aliphatic heterocycles. The summed E-state index contributed by atoms with van der Waals surface area (Å²) < 4.78 is 9.95. The van der Waals surface area contributed by atoms with Crippen LogP contribution in [0.1, 0.15) is 13.8 Å². The number of carbonyl (C=O) groups is 2. The Labute approximate surface area is 94.6 Å². The summed E-state index contributed by atoms with van der Waals surface area (Å²) in [5, 5.41) is 0. The van der Waals surface area contributed by atoms with Gasteiger partial charge >= 0.3 is 11.9 Å². The average Bonchev–Trinajstić information content (AvgIpc) is 2.53. The van der Waals surface area contributed by atoms with Gasteiger partial charge in [0.15, 0.2) is 0 Å². The number of ether oxygens (including phenoxy) is 2. The van der Waals surface area contributed by atoms with Crippen molar-refractivity contribution in [2.24, 2.45) is 23.7 Å². The smallest absolute Gasteiger partial charge is 0.310 e. The highest BCUT2D eigenvalue weighted by atomic mass is 16.6. The predicted octanol–water partition coefficient (Wildman–Crippen LogP) is 1.16. The number of carbonyl (C=O) groups excluding carboxylic acids is 2. The van der Waals surface area contributed by atoms with Crippen molar-refractivity contribution in [2.45, 2.75) is 20.0 Å². The lowest BCUT2D eigenvalue weighted by molar-refractivity contribution is -0.156. The molecule has 88 valence electrons. The van der Waals surface area contributed by atoms with Crippen LogP contribution < -0.4 is 0 Å². The van der Waals surface area contributed by atoms with E-state index in [0.717, 1.165) is 0 Å². The van der Waals surface area contributed by atoms with Crippen LogP contribution in [0.15, 0.2) is 12.2 Å². The Morgan fingerprint density at radius 2 is 2.06 bits per heavy atom. The molecule has 0 bridgehead atoms. The number of methoxy groups -OCH3 is 1. The molecule has 1 fully saturated rings. The number of hydrogen-bond donors (Lipinski definition) is 0. The molecule has 4 nitrogen and oxygen atoms in total. The van der Waals surface area contributed by atoms with Crippen LogP contribution in [-0.2, 0) is 19.1 Å². The van der Waals surface area contributed by atoms with Gasteiger partial charge in [-0.3, -0.25) is 9.59 Å². The third-order valence-electron chi connectivity index (χ3n) is 3.59. The van der Waals surface area contributed by atoms with Gasteiger partial charge in [0, 0.05) is 5.92 Å². The van der Waals surface area contributed by atoms with E-state index in [0.29, 0.717) is 0 Å². The number of fused-ring (bicyclic) bond motifs is 1. The molecule has 0 aromatic heterocycles. The lowest BCUT2D eigenvalue weighted by Gasteiger charge is -2.30. The lowest BCUT2D eigenvalue weighted by atomic mass is 9.71. The number of hydrogen-bond acceptors (Lipinski definition) is 4. The van der Waals surface area contributed by atoms with E-state index in [2.05, 4.69) is 0 Å². The zero-order valence-corrected chi connectivity index (χ0v) is 9.67. The topological polar surface area (TPSA) is 52.6 Å². The standard InChI is InChI=1S/C12H16O4/c1-6-4-5-8-7(2)16-12(14)10(8)9(6)11(13)15-3/h4-10H,1-3H3/t6-,7-,8-,9-,10+/m0/s1. The fourth-order valence-electron chi connectivity index (χ4n) is 2.70. The molecule has 0 aromatic rings. The molecule has 4 heteroatoms. The Hall–Kier alpha value is -1.32. The molecule has 5 atom stereocenters. The van der Waals surface area contributed by atoms with Gasteiger partial charge in [0.1, 0.15) is 6.10 Å². The van der Waals surface area contributed by atoms with E-state index < -0.39 is 5.92 Å². The first-order valence-electron chi connectivity index (χ1n) is 5.53. The zero-order valence-electron chi connectivity index (χ0n) is 9.67. The number of rotatable bonds is 1. The first kappa shape index (κ1) is 11.2. The minimum atomic E-state index is -0.405. The van der Waals surface area contributed by atoms with Gasteiger partial charge in [0.2, 0.25) is 0 Å². The maximum Gasteiger partial charge on any atom is 0.310 e. The van der Waals surface area contributed by atoms with Gasteiger partial charge in [0.25, 0.3) is 0 Å². The highest BCUT2D eigenvalue weighted by molar-refractivity contribution is 5.84. The van der Waals surface area contributed by atoms with Crippen molar-refractivity contribution >= 4 is 11.9 Å². The molecule has 2 aliphatic rings. The van der Waals surface area contributed by atoms with E-state index in [1.165, 1.54) is 7.11 Å². The van der Waals surface area contributed by atoms with E-state index in [1.807, 2.05) is 26.0 Å². The molecule has 16 heavy (non-hydrogen) atoms. The highest BCUT2D eigenvalue weighted by Crippen LogP contribution is 2.42. The molecule has 0 radical (unpaired) electrons. The number of cyclic esters (lactones) is 1. The fourth-order valence-corrected chi connectivity index (χ4v) is 2.70. The molecule has 0 aromatic carbocycles. The summed E-state index contributed by atoms with van der Waals surface area (Å²) >= 11 is 0. The lowest BCUT2D eigenvalue weighted by Crippen LogP contribution is -2.38. The molecular formula is C12H16O4. The molecule has 0 amide bonds. The summed E-state index contributed by atoms with van der Waals surface area (Å²) in [6.07, 6.45) is 3.82. The molecule has 0 unspecified atom stereocenters. The monoisotopic (exact) mass is 224 g/mol. The van der Waals surface area contributed by atoms with E-state index in [1.54, 1.807) is 0 Å². The largest absolute Gasteiger partial charge is 0.469 e. The Kier molecular flexibility index (Phi) is 2.74. The summed E-state index contributed by atoms with van der Waals surface area (Å²) in [4.78, 5) is 23.4. The van der Waals surface area contributed by atoms with Gasteiger partial charge in [-0.25, -0.2) is 0 Å². The van der Waals surface area contributed by atoms with Crippen molar-refractivity contribution in [1.82, 2.24) is 0 Å². The molecule has 0 spiro atoms. The van der Waals surface area contributed by atoms with Gasteiger partial charge < -0.3 is 9.47 Å². The van der Waals surface area contributed by atoms with Gasteiger partial charge in [-0.2, -0.15) is 0 Å². The fraction of sp³-hybridized carbons (Fsp3) is 0.667. The third-order valence-corrected chi connectivity index (χ3v) is 3.59. The molecule has 1 heterocycles. The third kappa shape index (κ3) is 1.52. The summed E-state index contributed by atoms with van der Waals surface area (Å²) in [7, 11) is 1.35. The van der Waals surface area contributed by atoms with E-state index in [-0.39, 0.29) is 35.8 Å². The predicted molar refractivity (Wildman–Crippen MR) is 56.3 cm³/mol. The van der Waals surface area contributed by atoms with Crippen molar-refractivity contribution in [3.63, 3.8) is 0 Å². The Morgan fingerprint density at radius 1 is 1.38 bits per heavy atom. The van der Waals surface area contributed by atoms with Crippen LogP contribution in [0.2, 0.25) is 0 Å². The first-order valence-corrected chi connectivity index (χ1v) is 5.53. The summed E-state index contributed by atoms with van der Waals surface area (Å²) in [5.74, 6) is -1.35. The minimum absolute atomic E-state index is 0.00722. The normalized spacial score (nSPS) is 41.4. The molecule has 1 saturated heterocycles. The van der Waals surface area contributed by atoms with E-state index >= 15 is 0 Å². The Bertz CT molecular complexity index is 339. The number of esters is 2. The summed E-state index contributed by atoms with van der Waals surface area (Å²) in [6, 6.07) is 0. The van der Waals surface area contributed by atoms with Gasteiger partial charge in [0.05, 0.1) is 18.9 Å². The average molecular weight is 224 g/mol. The van der Waals surface area contributed by atoms with Gasteiger partial charge in [-0.05, 0) is 12.8 Å². The second-order valence-corrected chi connectivity index (χ2v) is 4.54. The van der Waals surface area contributed by atoms with Crippen LogP contribution in [0, 0.1) is 23.7 Å². The van der Waals surface area contributed by atoms with Crippen LogP contribution in [0.5, 0.6) is 0 Å². The van der Waals surface area contributed by atoms with Crippen LogP contribution in [-0.4, -0.2) is 25.2 Å². The van der Waals surface area contributed by atoms with Crippen molar-refractivity contribution in [3.8, 4) is 0 Å². The maximum absolute atomic E-state index is 11.7. The molecule has 0 saturated carbocycles. The second kappa shape index (κ2) is 3.92. The first-order chi connectivity index (χ1) is 7.56. The van der Waals surface area contributed by atoms with Crippen LogP contribution >= 0.6 is 0 Å². The van der Waals surface area contributed by atoms with Gasteiger partial charge in [-0.15, -0.1) is 0 Å². The van der Waals surface area contributed by atoms with Crippen molar-refractivity contribution in [2.75, 3.05) is 7.11 Å². The van der Waals surface area contributed by atoms with E-state index in [9.17, 15) is 9.59 Å². The maximum atomic E-state index is 11.7. The van der Waals surface area contributed by atoms with Crippen molar-refractivity contribution in [3.05, 3.63) is 12.2 Å². The molecule has 0 N–H and O–H groups in total. The zero-order chi connectivity index (χ0) is 11.9. The van der Waals surface area contributed by atoms with Crippen molar-refractivity contribution in [1.29, 1.82) is 0 Å². The molecular weight excluding hydrogens is 208 g/mol. The molecule has 2 rings (SSSR count). The highest BCUT2D eigenvalue weighted by Gasteiger charge is 2.51. The van der Waals surface area contributed by atoms with Crippen molar-refractivity contribution < 1.29 is 19.1 Å². The van der Waals surface area contributed by atoms with Crippen LogP contribution in [0.3, 0.4) is 0 Å². The van der Waals surface area contributed by atoms with Crippen LogP contribution in [0.4, 0.5) is 0 Å².